The molecule has 0 amide bonds. The van der Waals surface area contributed by atoms with Crippen LogP contribution >= 0.6 is 0 Å². The van der Waals surface area contributed by atoms with Crippen molar-refractivity contribution in [3.05, 3.63) is 12.2 Å². The van der Waals surface area contributed by atoms with Gasteiger partial charge in [0.2, 0.25) is 0 Å². The van der Waals surface area contributed by atoms with Gasteiger partial charge in [0.1, 0.15) is 0 Å². The first-order valence-corrected chi connectivity index (χ1v) is 5.28. The van der Waals surface area contributed by atoms with Gasteiger partial charge < -0.3 is 9.47 Å². The highest BCUT2D eigenvalue weighted by Gasteiger charge is 2.62. The minimum atomic E-state index is -0.576. The van der Waals surface area contributed by atoms with Crippen LogP contribution in [0.1, 0.15) is 25.7 Å². The van der Waals surface area contributed by atoms with Gasteiger partial charge in [0, 0.05) is 6.42 Å². The van der Waals surface area contributed by atoms with Gasteiger partial charge in [-0.2, -0.15) is 0 Å². The first kappa shape index (κ1) is 8.62. The smallest absolute Gasteiger partial charge is 0.181 e. The minimum Gasteiger partial charge on any atom is -0.346 e. The molecule has 76 valence electrons. The minimum absolute atomic E-state index is 0.205. The van der Waals surface area contributed by atoms with Crippen molar-refractivity contribution in [1.29, 1.82) is 0 Å². The Morgan fingerprint density at radius 1 is 1.21 bits per heavy atom. The van der Waals surface area contributed by atoms with Crippen LogP contribution in [0.15, 0.2) is 12.2 Å². The molecule has 1 unspecified atom stereocenters. The molecule has 0 N–H and O–H groups in total. The third-order valence-electron chi connectivity index (χ3n) is 3.80. The first-order valence-electron chi connectivity index (χ1n) is 5.28. The molecule has 3 nitrogen and oxygen atoms in total. The summed E-state index contributed by atoms with van der Waals surface area (Å²) in [5, 5.41) is 0. The van der Waals surface area contributed by atoms with E-state index in [-0.39, 0.29) is 11.2 Å². The number of rotatable bonds is 0. The van der Waals surface area contributed by atoms with Crippen LogP contribution in [-0.4, -0.2) is 24.8 Å². The number of hydrogen-bond acceptors (Lipinski definition) is 3. The molecule has 2 fully saturated rings. The monoisotopic (exact) mass is 194 g/mol. The van der Waals surface area contributed by atoms with E-state index >= 15 is 0 Å². The summed E-state index contributed by atoms with van der Waals surface area (Å²) in [7, 11) is 0. The molecule has 0 radical (unpaired) electrons. The Hall–Kier alpha value is -0.670. The molecular formula is C11H14O3. The van der Waals surface area contributed by atoms with Gasteiger partial charge in [0.15, 0.2) is 11.6 Å². The van der Waals surface area contributed by atoms with E-state index in [9.17, 15) is 4.79 Å². The molecule has 3 heteroatoms. The van der Waals surface area contributed by atoms with E-state index in [2.05, 4.69) is 0 Å². The van der Waals surface area contributed by atoms with Crippen molar-refractivity contribution in [2.45, 2.75) is 31.5 Å². The second-order valence-electron chi connectivity index (χ2n) is 4.36. The number of fused-ring (bicyclic) bond motifs is 1. The summed E-state index contributed by atoms with van der Waals surface area (Å²) in [6.45, 7) is 1.27. The average Bonchev–Trinajstić information content (AvgIpc) is 2.84. The van der Waals surface area contributed by atoms with Crippen molar-refractivity contribution < 1.29 is 14.3 Å². The molecule has 1 aliphatic heterocycles. The number of ether oxygens (including phenoxy) is 2. The molecule has 1 saturated carbocycles. The lowest BCUT2D eigenvalue weighted by molar-refractivity contribution is -0.214. The molecule has 1 saturated heterocycles. The molecule has 0 aromatic carbocycles. The van der Waals surface area contributed by atoms with Crippen LogP contribution in [0.4, 0.5) is 0 Å². The molecular weight excluding hydrogens is 180 g/mol. The van der Waals surface area contributed by atoms with Crippen LogP contribution in [0.2, 0.25) is 0 Å². The second-order valence-corrected chi connectivity index (χ2v) is 4.36. The number of hydrogen-bond donors (Lipinski definition) is 0. The van der Waals surface area contributed by atoms with Gasteiger partial charge in [-0.3, -0.25) is 4.79 Å². The average molecular weight is 194 g/mol. The van der Waals surface area contributed by atoms with Crippen molar-refractivity contribution in [1.82, 2.24) is 0 Å². The maximum Gasteiger partial charge on any atom is 0.181 e. The van der Waals surface area contributed by atoms with Crippen molar-refractivity contribution in [3.63, 3.8) is 0 Å². The normalized spacial score (nSPS) is 39.3. The van der Waals surface area contributed by atoms with Gasteiger partial charge in [-0.25, -0.2) is 0 Å². The quantitative estimate of drug-likeness (QED) is 0.585. The molecule has 3 aliphatic rings. The van der Waals surface area contributed by atoms with Crippen LogP contribution in [0, 0.1) is 5.41 Å². The van der Waals surface area contributed by atoms with Gasteiger partial charge in [-0.05, 0) is 25.3 Å². The Labute approximate surface area is 83.1 Å². The summed E-state index contributed by atoms with van der Waals surface area (Å²) < 4.78 is 11.5. The predicted octanol–water partition coefficient (Wildman–Crippen LogP) is 1.43. The molecule has 0 aromatic heterocycles. The lowest BCUT2D eigenvalue weighted by Gasteiger charge is -2.37. The van der Waals surface area contributed by atoms with Crippen molar-refractivity contribution >= 4 is 5.78 Å². The van der Waals surface area contributed by atoms with Crippen molar-refractivity contribution in [2.24, 2.45) is 5.41 Å². The fourth-order valence-electron chi connectivity index (χ4n) is 3.12. The number of carbonyl (C=O) groups excluding carboxylic acids is 1. The Balaban J connectivity index is 2.02. The molecule has 1 atom stereocenters. The van der Waals surface area contributed by atoms with E-state index in [0.717, 1.165) is 25.7 Å². The highest BCUT2D eigenvalue weighted by Crippen LogP contribution is 2.56. The van der Waals surface area contributed by atoms with Crippen LogP contribution in [0.5, 0.6) is 0 Å². The zero-order valence-electron chi connectivity index (χ0n) is 8.12. The molecule has 0 bridgehead atoms. The van der Waals surface area contributed by atoms with Gasteiger partial charge in [0.25, 0.3) is 0 Å². The van der Waals surface area contributed by atoms with E-state index in [4.69, 9.17) is 9.47 Å². The predicted molar refractivity (Wildman–Crippen MR) is 49.7 cm³/mol. The van der Waals surface area contributed by atoms with Gasteiger partial charge in [-0.15, -0.1) is 0 Å². The molecule has 2 spiro atoms. The SMILES string of the molecule is O=C1C=CCC12CCCC21OCCO1. The fourth-order valence-corrected chi connectivity index (χ4v) is 3.12. The number of carbonyl (C=O) groups is 1. The van der Waals surface area contributed by atoms with Gasteiger partial charge >= 0.3 is 0 Å². The van der Waals surface area contributed by atoms with Crippen LogP contribution in [0.3, 0.4) is 0 Å². The lowest BCUT2D eigenvalue weighted by Crippen LogP contribution is -2.47. The standard InChI is InChI=1S/C11H14O3/c12-9-3-1-4-10(9)5-2-6-11(10)13-7-8-14-11/h1,3H,2,4-8H2. The van der Waals surface area contributed by atoms with Crippen molar-refractivity contribution in [3.8, 4) is 0 Å². The van der Waals surface area contributed by atoms with Crippen molar-refractivity contribution in [2.75, 3.05) is 13.2 Å². The Kier molecular flexibility index (Phi) is 1.65. The first-order chi connectivity index (χ1) is 6.79. The van der Waals surface area contributed by atoms with Crippen LogP contribution in [0.25, 0.3) is 0 Å². The molecule has 1 heterocycles. The molecule has 2 aliphatic carbocycles. The maximum absolute atomic E-state index is 11.9. The highest BCUT2D eigenvalue weighted by atomic mass is 16.7. The summed E-state index contributed by atoms with van der Waals surface area (Å²) in [6, 6.07) is 0. The Bertz CT molecular complexity index is 296. The van der Waals surface area contributed by atoms with E-state index < -0.39 is 5.79 Å². The highest BCUT2D eigenvalue weighted by molar-refractivity contribution is 5.98. The van der Waals surface area contributed by atoms with Crippen LogP contribution < -0.4 is 0 Å². The van der Waals surface area contributed by atoms with E-state index in [1.165, 1.54) is 0 Å². The molecule has 3 rings (SSSR count). The largest absolute Gasteiger partial charge is 0.346 e. The van der Waals surface area contributed by atoms with E-state index in [0.29, 0.717) is 13.2 Å². The molecule has 0 aromatic rings. The summed E-state index contributed by atoms with van der Waals surface area (Å²) in [6.07, 6.45) is 7.27. The lowest BCUT2D eigenvalue weighted by atomic mass is 9.78. The van der Waals surface area contributed by atoms with E-state index in [1.807, 2.05) is 6.08 Å². The zero-order valence-corrected chi connectivity index (χ0v) is 8.12. The third-order valence-corrected chi connectivity index (χ3v) is 3.80. The summed E-state index contributed by atoms with van der Waals surface area (Å²) >= 11 is 0. The van der Waals surface area contributed by atoms with Gasteiger partial charge in [-0.1, -0.05) is 6.08 Å². The Morgan fingerprint density at radius 2 is 2.00 bits per heavy atom. The van der Waals surface area contributed by atoms with Gasteiger partial charge in [0.05, 0.1) is 18.6 Å². The maximum atomic E-state index is 11.9. The molecule has 14 heavy (non-hydrogen) atoms. The second kappa shape index (κ2) is 2.67. The third kappa shape index (κ3) is 0.823. The van der Waals surface area contributed by atoms with Crippen LogP contribution in [-0.2, 0) is 14.3 Å². The fraction of sp³-hybridized carbons (Fsp3) is 0.727. The summed E-state index contributed by atoms with van der Waals surface area (Å²) in [4.78, 5) is 11.9. The van der Waals surface area contributed by atoms with E-state index in [1.54, 1.807) is 6.08 Å². The number of ketones is 1. The Morgan fingerprint density at radius 3 is 2.64 bits per heavy atom. The number of allylic oxidation sites excluding steroid dienone is 2. The topological polar surface area (TPSA) is 35.5 Å². The summed E-state index contributed by atoms with van der Waals surface area (Å²) in [5.41, 5.74) is -0.372. The zero-order chi connectivity index (χ0) is 9.65. The summed E-state index contributed by atoms with van der Waals surface area (Å²) in [5.74, 6) is -0.370.